The van der Waals surface area contributed by atoms with Crippen molar-refractivity contribution >= 4 is 29.0 Å². The van der Waals surface area contributed by atoms with Gasteiger partial charge < -0.3 is 5.32 Å². The molecule has 0 fully saturated rings. The first-order valence-corrected chi connectivity index (χ1v) is 9.47. The van der Waals surface area contributed by atoms with Gasteiger partial charge in [-0.3, -0.25) is 4.79 Å². The van der Waals surface area contributed by atoms with Crippen LogP contribution >= 0.6 is 23.1 Å². The Morgan fingerprint density at radius 2 is 1.67 bits per heavy atom. The van der Waals surface area contributed by atoms with E-state index in [0.29, 0.717) is 12.2 Å². The molecule has 3 aromatic rings. The van der Waals surface area contributed by atoms with E-state index in [9.17, 15) is 4.79 Å². The molecule has 4 nitrogen and oxygen atoms in total. The molecule has 0 aliphatic rings. The summed E-state index contributed by atoms with van der Waals surface area (Å²) in [5, 5.41) is 10.9. The van der Waals surface area contributed by atoms with Gasteiger partial charge in [0.25, 0.3) is 0 Å². The second kappa shape index (κ2) is 8.61. The highest BCUT2D eigenvalue weighted by atomic mass is 32.2. The van der Waals surface area contributed by atoms with E-state index in [1.54, 1.807) is 17.3 Å². The van der Waals surface area contributed by atoms with Gasteiger partial charge in [-0.25, -0.2) is 0 Å². The van der Waals surface area contributed by atoms with Crippen LogP contribution in [-0.4, -0.2) is 21.9 Å². The number of rotatable bonds is 7. The fourth-order valence-electron chi connectivity index (χ4n) is 2.34. The van der Waals surface area contributed by atoms with Gasteiger partial charge in [0.15, 0.2) is 4.34 Å². The lowest BCUT2D eigenvalue weighted by atomic mass is 9.98. The van der Waals surface area contributed by atoms with Gasteiger partial charge in [0.1, 0.15) is 5.51 Å². The van der Waals surface area contributed by atoms with E-state index in [1.165, 1.54) is 11.3 Å². The zero-order chi connectivity index (χ0) is 16.6. The van der Waals surface area contributed by atoms with Crippen molar-refractivity contribution < 1.29 is 4.79 Å². The van der Waals surface area contributed by atoms with Crippen LogP contribution in [0.1, 0.15) is 23.6 Å². The lowest BCUT2D eigenvalue weighted by Crippen LogP contribution is -2.29. The predicted molar refractivity (Wildman–Crippen MR) is 98.1 cm³/mol. The smallest absolute Gasteiger partial charge is 0.221 e. The monoisotopic (exact) mass is 355 g/mol. The van der Waals surface area contributed by atoms with Gasteiger partial charge in [0.2, 0.25) is 5.91 Å². The van der Waals surface area contributed by atoms with E-state index in [-0.39, 0.29) is 11.9 Å². The van der Waals surface area contributed by atoms with E-state index in [1.807, 2.05) is 60.7 Å². The minimum atomic E-state index is -0.133. The van der Waals surface area contributed by atoms with Crippen molar-refractivity contribution in [3.05, 3.63) is 77.3 Å². The number of benzene rings is 2. The molecule has 2 aromatic carbocycles. The van der Waals surface area contributed by atoms with Crippen LogP contribution in [0.2, 0.25) is 0 Å². The Balaban J connectivity index is 1.64. The summed E-state index contributed by atoms with van der Waals surface area (Å²) in [5.74, 6) is 0.724. The molecule has 1 aromatic heterocycles. The zero-order valence-corrected chi connectivity index (χ0v) is 14.6. The Hall–Kier alpha value is -2.18. The lowest BCUT2D eigenvalue weighted by molar-refractivity contribution is -0.121. The molecule has 0 saturated heterocycles. The SMILES string of the molecule is O=C(CCSc1nncs1)NC(c1ccccc1)c1ccccc1. The summed E-state index contributed by atoms with van der Waals surface area (Å²) in [6.45, 7) is 0. The van der Waals surface area contributed by atoms with Gasteiger partial charge in [-0.05, 0) is 11.1 Å². The zero-order valence-electron chi connectivity index (χ0n) is 13.0. The minimum Gasteiger partial charge on any atom is -0.345 e. The summed E-state index contributed by atoms with van der Waals surface area (Å²) in [6, 6.07) is 19.9. The van der Waals surface area contributed by atoms with Crippen LogP contribution in [-0.2, 0) is 4.79 Å². The molecule has 0 bridgehead atoms. The number of carbonyl (C=O) groups is 1. The van der Waals surface area contributed by atoms with Crippen LogP contribution in [0, 0.1) is 0 Å². The maximum atomic E-state index is 12.4. The summed E-state index contributed by atoms with van der Waals surface area (Å²) in [4.78, 5) is 12.4. The number of hydrogen-bond donors (Lipinski definition) is 1. The second-order valence-electron chi connectivity index (χ2n) is 5.12. The first kappa shape index (κ1) is 16.7. The summed E-state index contributed by atoms with van der Waals surface area (Å²) < 4.78 is 0.894. The van der Waals surface area contributed by atoms with Gasteiger partial charge in [0, 0.05) is 12.2 Å². The Bertz CT molecular complexity index is 709. The molecule has 0 atom stereocenters. The lowest BCUT2D eigenvalue weighted by Gasteiger charge is -2.19. The number of nitrogens with one attached hydrogen (secondary N) is 1. The largest absolute Gasteiger partial charge is 0.345 e. The third-order valence-corrected chi connectivity index (χ3v) is 5.33. The third kappa shape index (κ3) is 4.66. The summed E-state index contributed by atoms with van der Waals surface area (Å²) in [5.41, 5.74) is 3.85. The van der Waals surface area contributed by atoms with E-state index >= 15 is 0 Å². The van der Waals surface area contributed by atoms with Crippen LogP contribution in [0.3, 0.4) is 0 Å². The molecular weight excluding hydrogens is 338 g/mol. The van der Waals surface area contributed by atoms with Crippen molar-refractivity contribution in [1.82, 2.24) is 15.5 Å². The molecule has 0 aliphatic carbocycles. The van der Waals surface area contributed by atoms with Crippen molar-refractivity contribution in [2.75, 3.05) is 5.75 Å². The normalized spacial score (nSPS) is 10.7. The van der Waals surface area contributed by atoms with Crippen molar-refractivity contribution in [2.24, 2.45) is 0 Å². The first-order chi connectivity index (χ1) is 11.8. The van der Waals surface area contributed by atoms with Crippen LogP contribution in [0.4, 0.5) is 0 Å². The van der Waals surface area contributed by atoms with Crippen LogP contribution < -0.4 is 5.32 Å². The number of nitrogens with zero attached hydrogens (tertiary/aromatic N) is 2. The van der Waals surface area contributed by atoms with Crippen LogP contribution in [0.15, 0.2) is 70.5 Å². The quantitative estimate of drug-likeness (QED) is 0.653. The molecule has 0 spiro atoms. The second-order valence-corrected chi connectivity index (χ2v) is 7.30. The standard InChI is InChI=1S/C18H17N3OS2/c22-16(11-12-23-18-21-19-13-24-18)20-17(14-7-3-1-4-8-14)15-9-5-2-6-10-15/h1-10,13,17H,11-12H2,(H,20,22). The van der Waals surface area contributed by atoms with E-state index < -0.39 is 0 Å². The van der Waals surface area contributed by atoms with Crippen molar-refractivity contribution in [1.29, 1.82) is 0 Å². The molecule has 0 unspecified atom stereocenters. The van der Waals surface area contributed by atoms with Gasteiger partial charge in [0.05, 0.1) is 6.04 Å². The van der Waals surface area contributed by atoms with Crippen molar-refractivity contribution in [2.45, 2.75) is 16.8 Å². The number of carbonyl (C=O) groups excluding carboxylic acids is 1. The topological polar surface area (TPSA) is 54.9 Å². The summed E-state index contributed by atoms with van der Waals surface area (Å²) in [7, 11) is 0. The minimum absolute atomic E-state index is 0.0321. The van der Waals surface area contributed by atoms with Gasteiger partial charge >= 0.3 is 0 Å². The van der Waals surface area contributed by atoms with Crippen LogP contribution in [0.25, 0.3) is 0 Å². The summed E-state index contributed by atoms with van der Waals surface area (Å²) >= 11 is 3.05. The highest BCUT2D eigenvalue weighted by Gasteiger charge is 2.16. The predicted octanol–water partition coefficient (Wildman–Crippen LogP) is 3.93. The molecule has 0 saturated carbocycles. The van der Waals surface area contributed by atoms with Gasteiger partial charge in [-0.15, -0.1) is 10.2 Å². The highest BCUT2D eigenvalue weighted by molar-refractivity contribution is 8.01. The Kier molecular flexibility index (Phi) is 5.98. The average Bonchev–Trinajstić information content (AvgIpc) is 3.15. The van der Waals surface area contributed by atoms with E-state index in [2.05, 4.69) is 15.5 Å². The molecule has 24 heavy (non-hydrogen) atoms. The highest BCUT2D eigenvalue weighted by Crippen LogP contribution is 2.23. The first-order valence-electron chi connectivity index (χ1n) is 7.61. The van der Waals surface area contributed by atoms with Crippen molar-refractivity contribution in [3.8, 4) is 0 Å². The molecule has 6 heteroatoms. The van der Waals surface area contributed by atoms with Gasteiger partial charge in [-0.2, -0.15) is 0 Å². The molecule has 1 amide bonds. The van der Waals surface area contributed by atoms with Crippen LogP contribution in [0.5, 0.6) is 0 Å². The Morgan fingerprint density at radius 3 is 2.21 bits per heavy atom. The Labute approximate surface area is 149 Å². The maximum absolute atomic E-state index is 12.4. The molecule has 122 valence electrons. The molecule has 1 heterocycles. The fourth-order valence-corrected chi connectivity index (χ4v) is 3.84. The molecular formula is C18H17N3OS2. The summed E-state index contributed by atoms with van der Waals surface area (Å²) in [6.07, 6.45) is 0.445. The maximum Gasteiger partial charge on any atom is 0.221 e. The van der Waals surface area contributed by atoms with Gasteiger partial charge in [-0.1, -0.05) is 83.8 Å². The molecule has 0 aliphatic heterocycles. The van der Waals surface area contributed by atoms with E-state index in [4.69, 9.17) is 0 Å². The molecule has 0 radical (unpaired) electrons. The number of aromatic nitrogens is 2. The molecule has 3 rings (SSSR count). The molecule has 1 N–H and O–H groups in total. The fraction of sp³-hybridized carbons (Fsp3) is 0.167. The number of thioether (sulfide) groups is 1. The van der Waals surface area contributed by atoms with Crippen molar-refractivity contribution in [3.63, 3.8) is 0 Å². The third-order valence-electron chi connectivity index (χ3n) is 3.47. The van der Waals surface area contributed by atoms with E-state index in [0.717, 1.165) is 15.5 Å². The average molecular weight is 355 g/mol. The Morgan fingerprint density at radius 1 is 1.04 bits per heavy atom. The number of amides is 1. The number of hydrogen-bond acceptors (Lipinski definition) is 5.